The molecular formula is C21H23N3O3S. The van der Waals surface area contributed by atoms with E-state index < -0.39 is 5.97 Å². The number of benzene rings is 1. The van der Waals surface area contributed by atoms with Crippen LogP contribution in [-0.2, 0) is 4.74 Å². The van der Waals surface area contributed by atoms with Crippen LogP contribution in [0.1, 0.15) is 48.5 Å². The van der Waals surface area contributed by atoms with Gasteiger partial charge < -0.3 is 9.57 Å². The fourth-order valence-electron chi connectivity index (χ4n) is 3.43. The zero-order chi connectivity index (χ0) is 19.8. The average Bonchev–Trinajstić information content (AvgIpc) is 3.47. The first-order chi connectivity index (χ1) is 13.5. The van der Waals surface area contributed by atoms with Gasteiger partial charge in [-0.15, -0.1) is 0 Å². The Morgan fingerprint density at radius 3 is 2.75 bits per heavy atom. The molecular weight excluding hydrogens is 374 g/mol. The van der Waals surface area contributed by atoms with Gasteiger partial charge in [-0.1, -0.05) is 30.0 Å². The smallest absolute Gasteiger partial charge is 0.342 e. The molecule has 7 heteroatoms. The van der Waals surface area contributed by atoms with E-state index in [1.807, 2.05) is 32.4 Å². The van der Waals surface area contributed by atoms with Crippen LogP contribution in [0.25, 0.3) is 22.2 Å². The normalized spacial score (nSPS) is 13.9. The van der Waals surface area contributed by atoms with Crippen molar-refractivity contribution in [2.45, 2.75) is 43.9 Å². The Labute approximate surface area is 168 Å². The molecule has 4 rings (SSSR count). The molecule has 0 amide bonds. The van der Waals surface area contributed by atoms with E-state index in [2.05, 4.69) is 22.1 Å². The molecule has 0 spiro atoms. The van der Waals surface area contributed by atoms with Gasteiger partial charge in [0.2, 0.25) is 0 Å². The summed E-state index contributed by atoms with van der Waals surface area (Å²) >= 11 is 1.44. The monoisotopic (exact) mass is 397 g/mol. The van der Waals surface area contributed by atoms with Crippen LogP contribution in [-0.4, -0.2) is 40.1 Å². The van der Waals surface area contributed by atoms with Gasteiger partial charge in [0.05, 0.1) is 23.5 Å². The van der Waals surface area contributed by atoms with Crippen molar-refractivity contribution in [3.8, 4) is 11.3 Å². The molecule has 2 heterocycles. The molecule has 1 aliphatic carbocycles. The van der Waals surface area contributed by atoms with Gasteiger partial charge in [0.1, 0.15) is 12.7 Å². The van der Waals surface area contributed by atoms with Crippen molar-refractivity contribution in [2.75, 3.05) is 13.4 Å². The predicted molar refractivity (Wildman–Crippen MR) is 110 cm³/mol. The lowest BCUT2D eigenvalue weighted by Crippen LogP contribution is -2.14. The largest absolute Gasteiger partial charge is 0.459 e. The van der Waals surface area contributed by atoms with Crippen LogP contribution < -0.4 is 4.84 Å². The summed E-state index contributed by atoms with van der Waals surface area (Å²) < 4.78 is 7.20. The second kappa shape index (κ2) is 7.47. The van der Waals surface area contributed by atoms with Gasteiger partial charge in [-0.05, 0) is 44.4 Å². The summed E-state index contributed by atoms with van der Waals surface area (Å²) in [4.78, 5) is 27.3. The van der Waals surface area contributed by atoms with E-state index in [-0.39, 0.29) is 6.10 Å². The Kier molecular flexibility index (Phi) is 5.02. The summed E-state index contributed by atoms with van der Waals surface area (Å²) in [5, 5.41) is 1.61. The summed E-state index contributed by atoms with van der Waals surface area (Å²) in [6, 6.07) is 6.26. The molecule has 0 aliphatic heterocycles. The van der Waals surface area contributed by atoms with Crippen molar-refractivity contribution in [3.63, 3.8) is 0 Å². The molecule has 0 saturated heterocycles. The van der Waals surface area contributed by atoms with Crippen molar-refractivity contribution >= 4 is 28.6 Å². The van der Waals surface area contributed by atoms with Crippen LogP contribution in [0.15, 0.2) is 35.7 Å². The number of fused-ring (bicyclic) bond motifs is 1. The second-order valence-electron chi connectivity index (χ2n) is 7.14. The van der Waals surface area contributed by atoms with Gasteiger partial charge in [-0.3, -0.25) is 0 Å². The summed E-state index contributed by atoms with van der Waals surface area (Å²) in [6.45, 7) is 3.65. The lowest BCUT2D eigenvalue weighted by Gasteiger charge is -2.11. The minimum absolute atomic E-state index is 0.220. The van der Waals surface area contributed by atoms with Gasteiger partial charge in [0.15, 0.2) is 5.16 Å². The molecule has 0 radical (unpaired) electrons. The molecule has 1 saturated carbocycles. The molecule has 0 bridgehead atoms. The number of hydrogen-bond acceptors (Lipinski definition) is 6. The number of para-hydroxylation sites is 1. The zero-order valence-electron chi connectivity index (χ0n) is 16.4. The number of thioether (sulfide) groups is 1. The van der Waals surface area contributed by atoms with E-state index in [0.29, 0.717) is 22.3 Å². The molecule has 1 fully saturated rings. The third-order valence-corrected chi connectivity index (χ3v) is 5.37. The van der Waals surface area contributed by atoms with E-state index in [1.54, 1.807) is 18.0 Å². The maximum atomic E-state index is 12.7. The minimum Gasteiger partial charge on any atom is -0.459 e. The standard InChI is InChI=1S/C21H23N3O3S/c1-12(2)27-20(25)16-10-22-21(28-4)23-18(16)17-11-24(26-3)19-14(13-8-9-13)6-5-7-15(17)19/h5-7,10-13H,8-9H2,1-4H3. The lowest BCUT2D eigenvalue weighted by molar-refractivity contribution is 0.0377. The van der Waals surface area contributed by atoms with E-state index in [4.69, 9.17) is 9.57 Å². The van der Waals surface area contributed by atoms with Crippen molar-refractivity contribution < 1.29 is 14.4 Å². The predicted octanol–water partition coefficient (Wildman–Crippen LogP) is 4.32. The van der Waals surface area contributed by atoms with Gasteiger partial charge in [0, 0.05) is 17.1 Å². The van der Waals surface area contributed by atoms with Gasteiger partial charge in [-0.25, -0.2) is 14.8 Å². The van der Waals surface area contributed by atoms with Crippen molar-refractivity contribution in [1.29, 1.82) is 0 Å². The van der Waals surface area contributed by atoms with Crippen molar-refractivity contribution in [3.05, 3.63) is 41.7 Å². The van der Waals surface area contributed by atoms with Crippen LogP contribution in [0, 0.1) is 0 Å². The highest BCUT2D eigenvalue weighted by Crippen LogP contribution is 2.45. The van der Waals surface area contributed by atoms with Crippen molar-refractivity contribution in [2.24, 2.45) is 0 Å². The molecule has 0 N–H and O–H groups in total. The number of esters is 1. The molecule has 28 heavy (non-hydrogen) atoms. The maximum absolute atomic E-state index is 12.7. The third-order valence-electron chi connectivity index (χ3n) is 4.81. The number of nitrogens with zero attached hydrogens (tertiary/aromatic N) is 3. The highest BCUT2D eigenvalue weighted by molar-refractivity contribution is 7.98. The molecule has 1 aromatic carbocycles. The Hall–Kier alpha value is -2.54. The highest BCUT2D eigenvalue weighted by atomic mass is 32.2. The molecule has 0 atom stereocenters. The van der Waals surface area contributed by atoms with E-state index in [0.717, 1.165) is 16.5 Å². The maximum Gasteiger partial charge on any atom is 0.342 e. The van der Waals surface area contributed by atoms with E-state index in [9.17, 15) is 4.79 Å². The SMILES string of the molecule is COn1cc(-c2nc(SC)ncc2C(=O)OC(C)C)c2cccc(C3CC3)c21. The molecule has 3 aromatic rings. The van der Waals surface area contributed by atoms with Gasteiger partial charge >= 0.3 is 5.97 Å². The number of hydrogen-bond donors (Lipinski definition) is 0. The number of ether oxygens (including phenoxy) is 1. The van der Waals surface area contributed by atoms with E-state index >= 15 is 0 Å². The highest BCUT2D eigenvalue weighted by Gasteiger charge is 2.29. The lowest BCUT2D eigenvalue weighted by atomic mass is 10.0. The number of carbonyl (C=O) groups excluding carboxylic acids is 1. The van der Waals surface area contributed by atoms with Gasteiger partial charge in [0.25, 0.3) is 0 Å². The molecule has 0 unspecified atom stereocenters. The molecule has 1 aliphatic rings. The summed E-state index contributed by atoms with van der Waals surface area (Å²) in [7, 11) is 1.65. The topological polar surface area (TPSA) is 66.2 Å². The third kappa shape index (κ3) is 3.35. The van der Waals surface area contributed by atoms with E-state index in [1.165, 1.54) is 30.2 Å². The Balaban J connectivity index is 1.94. The van der Waals surface area contributed by atoms with Crippen molar-refractivity contribution in [1.82, 2.24) is 14.7 Å². The Morgan fingerprint density at radius 2 is 2.11 bits per heavy atom. The zero-order valence-corrected chi connectivity index (χ0v) is 17.2. The minimum atomic E-state index is -0.422. The quantitative estimate of drug-likeness (QED) is 0.351. The van der Waals surface area contributed by atoms with Crippen LogP contribution in [0.2, 0.25) is 0 Å². The van der Waals surface area contributed by atoms with Crippen LogP contribution in [0.4, 0.5) is 0 Å². The molecule has 2 aromatic heterocycles. The number of aromatic nitrogens is 3. The first-order valence-electron chi connectivity index (χ1n) is 9.34. The summed E-state index contributed by atoms with van der Waals surface area (Å²) in [5.74, 6) is 0.146. The molecule has 146 valence electrons. The first kappa shape index (κ1) is 18.8. The Morgan fingerprint density at radius 1 is 1.32 bits per heavy atom. The summed E-state index contributed by atoms with van der Waals surface area (Å²) in [5.41, 5.74) is 4.08. The number of rotatable bonds is 6. The van der Waals surface area contributed by atoms with Crippen LogP contribution >= 0.6 is 11.8 Å². The van der Waals surface area contributed by atoms with Gasteiger partial charge in [-0.2, -0.15) is 4.73 Å². The Bertz CT molecular complexity index is 1040. The average molecular weight is 398 g/mol. The number of carbonyl (C=O) groups is 1. The second-order valence-corrected chi connectivity index (χ2v) is 7.92. The summed E-state index contributed by atoms with van der Waals surface area (Å²) in [6.07, 6.45) is 7.53. The fourth-order valence-corrected chi connectivity index (χ4v) is 3.77. The van der Waals surface area contributed by atoms with Crippen LogP contribution in [0.3, 0.4) is 0 Å². The first-order valence-corrected chi connectivity index (χ1v) is 10.6. The van der Waals surface area contributed by atoms with Crippen LogP contribution in [0.5, 0.6) is 0 Å². The fraction of sp³-hybridized carbons (Fsp3) is 0.381. The molecule has 6 nitrogen and oxygen atoms in total.